The van der Waals surface area contributed by atoms with Gasteiger partial charge in [-0.3, -0.25) is 4.79 Å². The van der Waals surface area contributed by atoms with E-state index in [0.717, 1.165) is 11.3 Å². The number of hydrogen-bond donors (Lipinski definition) is 1. The Kier molecular flexibility index (Phi) is 6.71. The number of aliphatic carboxylic acids is 1. The molecule has 0 aliphatic rings. The number of carboxylic acid groups (broad SMARTS) is 1. The molecular weight excluding hydrogens is 372 g/mol. The molecule has 0 radical (unpaired) electrons. The van der Waals surface area contributed by atoms with Crippen molar-refractivity contribution < 1.29 is 18.8 Å². The quantitative estimate of drug-likeness (QED) is 0.534. The first-order chi connectivity index (χ1) is 11.9. The summed E-state index contributed by atoms with van der Waals surface area (Å²) in [5, 5.41) is 9.50. The number of benzene rings is 1. The third kappa shape index (κ3) is 5.61. The molecule has 0 aliphatic heterocycles. The van der Waals surface area contributed by atoms with E-state index in [2.05, 4.69) is 67.7 Å². The van der Waals surface area contributed by atoms with Crippen molar-refractivity contribution in [1.82, 2.24) is 0 Å². The largest absolute Gasteiger partial charge is 0.541 e. The van der Waals surface area contributed by atoms with E-state index >= 15 is 0 Å². The third-order valence-electron chi connectivity index (χ3n) is 6.18. The summed E-state index contributed by atoms with van der Waals surface area (Å²) in [6.07, 6.45) is 0. The summed E-state index contributed by atoms with van der Waals surface area (Å²) in [6, 6.07) is 5.60. The van der Waals surface area contributed by atoms with Gasteiger partial charge in [-0.2, -0.15) is 0 Å². The minimum atomic E-state index is -2.10. The van der Waals surface area contributed by atoms with Gasteiger partial charge in [0.1, 0.15) is 11.5 Å². The minimum Gasteiger partial charge on any atom is -0.541 e. The van der Waals surface area contributed by atoms with Crippen LogP contribution in [0.5, 0.6) is 11.5 Å². The van der Waals surface area contributed by atoms with Crippen LogP contribution in [0.15, 0.2) is 18.2 Å². The highest BCUT2D eigenvalue weighted by molar-refractivity contribution is 6.75. The van der Waals surface area contributed by atoms with E-state index < -0.39 is 28.5 Å². The van der Waals surface area contributed by atoms with Gasteiger partial charge in [0.2, 0.25) is 0 Å². The fraction of sp³-hybridized carbons (Fsp3) is 0.667. The monoisotopic (exact) mass is 410 g/mol. The van der Waals surface area contributed by atoms with Crippen LogP contribution in [-0.4, -0.2) is 27.7 Å². The van der Waals surface area contributed by atoms with Crippen molar-refractivity contribution >= 4 is 22.6 Å². The molecular formula is C21H38O4Si2. The van der Waals surface area contributed by atoms with E-state index in [0.29, 0.717) is 5.75 Å². The highest BCUT2D eigenvalue weighted by Gasteiger charge is 2.42. The molecule has 27 heavy (non-hydrogen) atoms. The molecule has 0 aromatic heterocycles. The number of rotatable bonds is 6. The molecule has 0 aliphatic carbocycles. The molecule has 0 saturated carbocycles. The maximum atomic E-state index is 11.4. The first-order valence-electron chi connectivity index (χ1n) is 9.64. The van der Waals surface area contributed by atoms with E-state index in [9.17, 15) is 9.90 Å². The van der Waals surface area contributed by atoms with Crippen molar-refractivity contribution in [3.05, 3.63) is 23.8 Å². The summed E-state index contributed by atoms with van der Waals surface area (Å²) in [4.78, 5) is 11.4. The fourth-order valence-corrected chi connectivity index (χ4v) is 4.00. The average Bonchev–Trinajstić information content (AvgIpc) is 2.45. The summed E-state index contributed by atoms with van der Waals surface area (Å²) in [5.74, 6) is -0.0233. The van der Waals surface area contributed by atoms with Crippen LogP contribution in [-0.2, 0) is 4.79 Å². The van der Waals surface area contributed by atoms with Gasteiger partial charge in [-0.1, -0.05) is 47.6 Å². The van der Waals surface area contributed by atoms with Crippen LogP contribution in [0, 0.1) is 0 Å². The first kappa shape index (κ1) is 23.8. The van der Waals surface area contributed by atoms with E-state index in [-0.39, 0.29) is 10.1 Å². The predicted octanol–water partition coefficient (Wildman–Crippen LogP) is 6.64. The molecule has 1 aromatic carbocycles. The van der Waals surface area contributed by atoms with Crippen LogP contribution in [0.1, 0.15) is 59.9 Å². The Morgan fingerprint density at radius 3 is 1.67 bits per heavy atom. The van der Waals surface area contributed by atoms with Gasteiger partial charge in [0.05, 0.1) is 5.92 Å². The maximum absolute atomic E-state index is 11.4. The van der Waals surface area contributed by atoms with Gasteiger partial charge in [0.25, 0.3) is 16.6 Å². The van der Waals surface area contributed by atoms with E-state index in [1.165, 1.54) is 0 Å². The topological polar surface area (TPSA) is 55.8 Å². The zero-order valence-corrected chi connectivity index (χ0v) is 21.0. The SMILES string of the molecule is CC(C(=O)O)c1ccc(O[Si](C)(C)C(C)(C)C)c(O[Si](C)(C)C(C)(C)C)c1. The molecule has 0 spiro atoms. The van der Waals surface area contributed by atoms with Crippen LogP contribution in [0.3, 0.4) is 0 Å². The summed E-state index contributed by atoms with van der Waals surface area (Å²) in [7, 11) is -4.14. The van der Waals surface area contributed by atoms with Gasteiger partial charge < -0.3 is 14.0 Å². The summed E-state index contributed by atoms with van der Waals surface area (Å²) in [5.41, 5.74) is 0.735. The minimum absolute atomic E-state index is 0.0374. The molecule has 1 rings (SSSR count). The zero-order valence-electron chi connectivity index (χ0n) is 19.0. The number of carbonyl (C=O) groups is 1. The molecule has 1 aromatic rings. The van der Waals surface area contributed by atoms with E-state index in [1.54, 1.807) is 6.92 Å². The van der Waals surface area contributed by atoms with Crippen LogP contribution >= 0.6 is 0 Å². The summed E-state index contributed by atoms with van der Waals surface area (Å²) < 4.78 is 13.1. The van der Waals surface area contributed by atoms with Gasteiger partial charge in [-0.15, -0.1) is 0 Å². The van der Waals surface area contributed by atoms with Gasteiger partial charge in [-0.05, 0) is 60.9 Å². The summed E-state index contributed by atoms with van der Waals surface area (Å²) >= 11 is 0. The van der Waals surface area contributed by atoms with Crippen molar-refractivity contribution in [2.75, 3.05) is 0 Å². The highest BCUT2D eigenvalue weighted by Crippen LogP contribution is 2.44. The molecule has 0 saturated heterocycles. The lowest BCUT2D eigenvalue weighted by Crippen LogP contribution is -2.45. The zero-order chi connectivity index (χ0) is 21.4. The smallest absolute Gasteiger partial charge is 0.310 e. The molecule has 1 unspecified atom stereocenters. The van der Waals surface area contributed by atoms with Gasteiger partial charge in [-0.25, -0.2) is 0 Å². The van der Waals surface area contributed by atoms with Gasteiger partial charge in [0, 0.05) is 0 Å². The molecule has 0 fully saturated rings. The van der Waals surface area contributed by atoms with Crippen LogP contribution in [0.25, 0.3) is 0 Å². The Hall–Kier alpha value is -1.28. The lowest BCUT2D eigenvalue weighted by molar-refractivity contribution is -0.138. The van der Waals surface area contributed by atoms with Crippen molar-refractivity contribution in [3.63, 3.8) is 0 Å². The van der Waals surface area contributed by atoms with Crippen LogP contribution in [0.2, 0.25) is 36.3 Å². The molecule has 4 nitrogen and oxygen atoms in total. The Balaban J connectivity index is 3.44. The normalized spacial score (nSPS) is 14.6. The second kappa shape index (κ2) is 7.62. The Morgan fingerprint density at radius 1 is 0.889 bits per heavy atom. The number of hydrogen-bond acceptors (Lipinski definition) is 3. The third-order valence-corrected chi connectivity index (χ3v) is 14.9. The molecule has 1 atom stereocenters. The molecule has 0 amide bonds. The van der Waals surface area contributed by atoms with Gasteiger partial charge in [0.15, 0.2) is 0 Å². The Morgan fingerprint density at radius 2 is 1.30 bits per heavy atom. The van der Waals surface area contributed by atoms with Crippen molar-refractivity contribution in [1.29, 1.82) is 0 Å². The Bertz CT molecular complexity index is 682. The van der Waals surface area contributed by atoms with Crippen LogP contribution in [0.4, 0.5) is 0 Å². The van der Waals surface area contributed by atoms with Crippen molar-refractivity contribution in [2.24, 2.45) is 0 Å². The van der Waals surface area contributed by atoms with Crippen molar-refractivity contribution in [3.8, 4) is 11.5 Å². The first-order valence-corrected chi connectivity index (χ1v) is 15.5. The number of carboxylic acids is 1. The molecule has 1 N–H and O–H groups in total. The molecule has 0 bridgehead atoms. The molecule has 6 heteroatoms. The lowest BCUT2D eigenvalue weighted by Gasteiger charge is -2.40. The highest BCUT2D eigenvalue weighted by atomic mass is 28.4. The second-order valence-electron chi connectivity index (χ2n) is 10.5. The molecule has 0 heterocycles. The second-order valence-corrected chi connectivity index (χ2v) is 19.9. The van der Waals surface area contributed by atoms with Crippen molar-refractivity contribution in [2.45, 2.75) is 90.6 Å². The van der Waals surface area contributed by atoms with Gasteiger partial charge >= 0.3 is 5.97 Å². The van der Waals surface area contributed by atoms with Crippen LogP contribution < -0.4 is 8.85 Å². The lowest BCUT2D eigenvalue weighted by atomic mass is 10.0. The fourth-order valence-electron chi connectivity index (χ4n) is 1.96. The predicted molar refractivity (Wildman–Crippen MR) is 118 cm³/mol. The molecule has 154 valence electrons. The maximum Gasteiger partial charge on any atom is 0.310 e. The Labute approximate surface area is 167 Å². The van der Waals surface area contributed by atoms with E-state index in [1.807, 2.05) is 18.2 Å². The average molecular weight is 411 g/mol. The standard InChI is InChI=1S/C21H38O4Si2/c1-15(19(22)23)16-12-13-17(24-26(8,9)20(2,3)4)18(14-16)25-27(10,11)21(5,6)7/h12-15H,1-11H3,(H,22,23). The van der Waals surface area contributed by atoms with E-state index in [4.69, 9.17) is 8.85 Å². The summed E-state index contributed by atoms with van der Waals surface area (Å²) in [6.45, 7) is 23.7.